The second-order valence-corrected chi connectivity index (χ2v) is 10.3. The monoisotopic (exact) mass is 553 g/mol. The molecule has 8 nitrogen and oxygen atoms in total. The Kier molecular flexibility index (Phi) is 7.81. The summed E-state index contributed by atoms with van der Waals surface area (Å²) in [6, 6.07) is 21.0. The minimum absolute atomic E-state index is 0.0824. The highest BCUT2D eigenvalue weighted by Crippen LogP contribution is 2.33. The van der Waals surface area contributed by atoms with E-state index in [2.05, 4.69) is 27.3 Å². The van der Waals surface area contributed by atoms with Crippen LogP contribution >= 0.6 is 11.8 Å². The predicted molar refractivity (Wildman–Crippen MR) is 153 cm³/mol. The van der Waals surface area contributed by atoms with Gasteiger partial charge in [0.05, 0.1) is 6.61 Å². The SMILES string of the molecule is O=C(/C=C/c1ccc2c(c1)OCO2)c1ccc(OCCCSc2nnc(CCc3c[nH]c4ccccc34)o2)cc1. The van der Waals surface area contributed by atoms with Crippen LogP contribution in [0.15, 0.2) is 88.6 Å². The number of ketones is 1. The van der Waals surface area contributed by atoms with Crippen molar-refractivity contribution >= 4 is 34.5 Å². The summed E-state index contributed by atoms with van der Waals surface area (Å²) in [4.78, 5) is 15.8. The molecule has 0 amide bonds. The first kappa shape index (κ1) is 25.8. The van der Waals surface area contributed by atoms with Gasteiger partial charge in [-0.25, -0.2) is 0 Å². The molecule has 5 aromatic rings. The van der Waals surface area contributed by atoms with Gasteiger partial charge in [0.1, 0.15) is 5.75 Å². The molecular weight excluding hydrogens is 526 g/mol. The summed E-state index contributed by atoms with van der Waals surface area (Å²) in [5.74, 6) is 3.48. The molecule has 0 atom stereocenters. The molecule has 1 aliphatic rings. The van der Waals surface area contributed by atoms with Crippen molar-refractivity contribution in [3.8, 4) is 17.2 Å². The maximum absolute atomic E-state index is 12.5. The number of nitrogens with zero attached hydrogens (tertiary/aromatic N) is 2. The second kappa shape index (κ2) is 12.1. The number of aromatic amines is 1. The number of carbonyl (C=O) groups excluding carboxylic acids is 1. The minimum atomic E-state index is -0.0824. The van der Waals surface area contributed by atoms with Gasteiger partial charge in [0.25, 0.3) is 5.22 Å². The molecule has 0 aliphatic carbocycles. The third-order valence-corrected chi connectivity index (χ3v) is 7.38. The molecule has 0 fully saturated rings. The van der Waals surface area contributed by atoms with E-state index in [1.54, 1.807) is 24.3 Å². The molecule has 3 heterocycles. The van der Waals surface area contributed by atoms with Crippen LogP contribution in [-0.2, 0) is 12.8 Å². The van der Waals surface area contributed by atoms with E-state index in [1.165, 1.54) is 22.7 Å². The zero-order chi connectivity index (χ0) is 27.1. The highest BCUT2D eigenvalue weighted by molar-refractivity contribution is 7.99. The lowest BCUT2D eigenvalue weighted by Gasteiger charge is -2.06. The van der Waals surface area contributed by atoms with Crippen LogP contribution in [0.5, 0.6) is 17.2 Å². The molecule has 1 aliphatic heterocycles. The number of rotatable bonds is 12. The van der Waals surface area contributed by atoms with Crippen molar-refractivity contribution in [2.45, 2.75) is 24.5 Å². The maximum Gasteiger partial charge on any atom is 0.276 e. The number of para-hydroxylation sites is 1. The van der Waals surface area contributed by atoms with E-state index >= 15 is 0 Å². The zero-order valence-electron chi connectivity index (χ0n) is 21.7. The highest BCUT2D eigenvalue weighted by Gasteiger charge is 2.13. The molecule has 9 heteroatoms. The van der Waals surface area contributed by atoms with Gasteiger partial charge in [-0.15, -0.1) is 10.2 Å². The van der Waals surface area contributed by atoms with Crippen molar-refractivity contribution in [2.24, 2.45) is 0 Å². The largest absolute Gasteiger partial charge is 0.494 e. The molecule has 0 saturated heterocycles. The quantitative estimate of drug-likeness (QED) is 0.0807. The van der Waals surface area contributed by atoms with E-state index < -0.39 is 0 Å². The number of aryl methyl sites for hydroxylation is 2. The van der Waals surface area contributed by atoms with Crippen molar-refractivity contribution < 1.29 is 23.4 Å². The summed E-state index contributed by atoms with van der Waals surface area (Å²) in [5.41, 5.74) is 3.85. The molecule has 40 heavy (non-hydrogen) atoms. The maximum atomic E-state index is 12.5. The van der Waals surface area contributed by atoms with Gasteiger partial charge in [0.2, 0.25) is 12.7 Å². The van der Waals surface area contributed by atoms with E-state index in [0.717, 1.165) is 41.2 Å². The molecule has 6 rings (SSSR count). The van der Waals surface area contributed by atoms with Crippen molar-refractivity contribution in [2.75, 3.05) is 19.2 Å². The van der Waals surface area contributed by atoms with E-state index in [0.29, 0.717) is 35.5 Å². The molecular formula is C31H27N3O5S. The van der Waals surface area contributed by atoms with E-state index in [1.807, 2.05) is 48.7 Å². The zero-order valence-corrected chi connectivity index (χ0v) is 22.5. The number of carbonyl (C=O) groups is 1. The number of ether oxygens (including phenoxy) is 3. The molecule has 0 unspecified atom stereocenters. The normalized spacial score (nSPS) is 12.4. The summed E-state index contributed by atoms with van der Waals surface area (Å²) in [7, 11) is 0. The Morgan fingerprint density at radius 2 is 1.88 bits per heavy atom. The molecule has 0 saturated carbocycles. The fourth-order valence-corrected chi connectivity index (χ4v) is 5.08. The van der Waals surface area contributed by atoms with Gasteiger partial charge in [-0.05, 0) is 72.5 Å². The number of benzene rings is 3. The average molecular weight is 554 g/mol. The van der Waals surface area contributed by atoms with Crippen molar-refractivity contribution in [3.63, 3.8) is 0 Å². The Morgan fingerprint density at radius 3 is 2.80 bits per heavy atom. The molecule has 0 bridgehead atoms. The number of aromatic nitrogens is 3. The smallest absolute Gasteiger partial charge is 0.276 e. The molecule has 202 valence electrons. The van der Waals surface area contributed by atoms with Crippen LogP contribution in [0, 0.1) is 0 Å². The molecule has 0 spiro atoms. The van der Waals surface area contributed by atoms with Crippen molar-refractivity contribution in [1.82, 2.24) is 15.2 Å². The third kappa shape index (κ3) is 6.21. The second-order valence-electron chi connectivity index (χ2n) is 9.21. The molecule has 0 radical (unpaired) electrons. The third-order valence-electron chi connectivity index (χ3n) is 6.48. The van der Waals surface area contributed by atoms with Gasteiger partial charge in [0, 0.05) is 34.8 Å². The van der Waals surface area contributed by atoms with E-state index in [9.17, 15) is 4.79 Å². The number of hydrogen-bond donors (Lipinski definition) is 1. The first-order chi connectivity index (χ1) is 19.7. The summed E-state index contributed by atoms with van der Waals surface area (Å²) in [6.07, 6.45) is 7.72. The number of hydrogen-bond acceptors (Lipinski definition) is 8. The first-order valence-electron chi connectivity index (χ1n) is 13.1. The van der Waals surface area contributed by atoms with Gasteiger partial charge in [-0.1, -0.05) is 42.1 Å². The summed E-state index contributed by atoms with van der Waals surface area (Å²) >= 11 is 1.53. The van der Waals surface area contributed by atoms with Gasteiger partial charge in [0.15, 0.2) is 17.3 Å². The van der Waals surface area contributed by atoms with Crippen LogP contribution in [-0.4, -0.2) is 40.1 Å². The van der Waals surface area contributed by atoms with Gasteiger partial charge in [-0.2, -0.15) is 0 Å². The minimum Gasteiger partial charge on any atom is -0.494 e. The lowest BCUT2D eigenvalue weighted by atomic mass is 10.1. The Morgan fingerprint density at radius 1 is 1.00 bits per heavy atom. The Balaban J connectivity index is 0.905. The van der Waals surface area contributed by atoms with Crippen LogP contribution in [0.3, 0.4) is 0 Å². The Labute approximate surface area is 235 Å². The van der Waals surface area contributed by atoms with Crippen LogP contribution < -0.4 is 14.2 Å². The summed E-state index contributed by atoms with van der Waals surface area (Å²) in [6.45, 7) is 0.772. The van der Waals surface area contributed by atoms with E-state index in [-0.39, 0.29) is 12.6 Å². The number of H-pyrrole nitrogens is 1. The summed E-state index contributed by atoms with van der Waals surface area (Å²) in [5, 5.41) is 10.1. The number of allylic oxidation sites excluding steroid dienone is 1. The van der Waals surface area contributed by atoms with Gasteiger partial charge in [-0.3, -0.25) is 4.79 Å². The molecule has 3 aromatic carbocycles. The van der Waals surface area contributed by atoms with Crippen LogP contribution in [0.25, 0.3) is 17.0 Å². The van der Waals surface area contributed by atoms with E-state index in [4.69, 9.17) is 18.6 Å². The topological polar surface area (TPSA) is 99.5 Å². The van der Waals surface area contributed by atoms with Crippen LogP contribution in [0.2, 0.25) is 0 Å². The van der Waals surface area contributed by atoms with Crippen LogP contribution in [0.1, 0.15) is 33.8 Å². The van der Waals surface area contributed by atoms with Crippen molar-refractivity contribution in [1.29, 1.82) is 0 Å². The Bertz CT molecular complexity index is 1640. The first-order valence-corrected chi connectivity index (χ1v) is 14.0. The molecule has 1 N–H and O–H groups in total. The standard InChI is InChI=1S/C31H27N3O5S/c35-27(13-6-21-7-14-28-29(18-21)38-20-37-28)22-8-11-24(12-9-22)36-16-3-17-40-31-34-33-30(39-31)15-10-23-19-32-26-5-2-1-4-25(23)26/h1-2,4-9,11-14,18-19,32H,3,10,15-17,20H2/b13-6+. The van der Waals surface area contributed by atoms with Crippen molar-refractivity contribution in [3.05, 3.63) is 102 Å². The fourth-order valence-electron chi connectivity index (χ4n) is 4.39. The number of nitrogens with one attached hydrogen (secondary N) is 1. The highest BCUT2D eigenvalue weighted by atomic mass is 32.2. The lowest BCUT2D eigenvalue weighted by molar-refractivity contribution is 0.104. The molecule has 2 aromatic heterocycles. The lowest BCUT2D eigenvalue weighted by Crippen LogP contribution is -2.00. The Hall–Kier alpha value is -4.50. The number of fused-ring (bicyclic) bond motifs is 2. The predicted octanol–water partition coefficient (Wildman–Crippen LogP) is 6.52. The van der Waals surface area contributed by atoms with Gasteiger partial charge < -0.3 is 23.6 Å². The average Bonchev–Trinajstić information content (AvgIpc) is 3.74. The van der Waals surface area contributed by atoms with Gasteiger partial charge >= 0.3 is 0 Å². The fraction of sp³-hybridized carbons (Fsp3) is 0.194. The summed E-state index contributed by atoms with van der Waals surface area (Å²) < 4.78 is 22.3. The number of thioether (sulfide) groups is 1. The van der Waals surface area contributed by atoms with Crippen LogP contribution in [0.4, 0.5) is 0 Å².